The van der Waals surface area contributed by atoms with Crippen molar-refractivity contribution in [3.63, 3.8) is 0 Å². The van der Waals surface area contributed by atoms with Crippen molar-refractivity contribution in [1.82, 2.24) is 9.78 Å². The standard InChI is InChI=1S/C14H13F6N3O/c15-13(16,17)8-24-12-2-1-9(5-11(12)14(18,19)20)10-6-22-23(7-10)4-3-21/h1-2,5-7H,3-4,8,21H2. The molecule has 1 aromatic heterocycles. The fourth-order valence-corrected chi connectivity index (χ4v) is 1.98. The summed E-state index contributed by atoms with van der Waals surface area (Å²) in [5, 5.41) is 3.94. The Labute approximate surface area is 132 Å². The van der Waals surface area contributed by atoms with Crippen LogP contribution in [-0.4, -0.2) is 29.1 Å². The lowest BCUT2D eigenvalue weighted by molar-refractivity contribution is -0.158. The van der Waals surface area contributed by atoms with Gasteiger partial charge in [-0.2, -0.15) is 31.4 Å². The molecule has 0 unspecified atom stereocenters. The Kier molecular flexibility index (Phi) is 5.07. The maximum Gasteiger partial charge on any atom is 0.422 e. The van der Waals surface area contributed by atoms with Gasteiger partial charge in [0.25, 0.3) is 0 Å². The number of ether oxygens (including phenoxy) is 1. The fraction of sp³-hybridized carbons (Fsp3) is 0.357. The number of rotatable bonds is 5. The predicted octanol–water partition coefficient (Wildman–Crippen LogP) is 3.47. The van der Waals surface area contributed by atoms with Crippen LogP contribution < -0.4 is 10.5 Å². The molecule has 0 aliphatic heterocycles. The molecule has 0 amide bonds. The number of halogens is 6. The van der Waals surface area contributed by atoms with Crippen molar-refractivity contribution in [3.8, 4) is 16.9 Å². The van der Waals surface area contributed by atoms with E-state index in [1.807, 2.05) is 0 Å². The second-order valence-electron chi connectivity index (χ2n) is 4.89. The van der Waals surface area contributed by atoms with Gasteiger partial charge in [-0.25, -0.2) is 0 Å². The van der Waals surface area contributed by atoms with Gasteiger partial charge in [0.1, 0.15) is 5.75 Å². The molecule has 10 heteroatoms. The first-order chi connectivity index (χ1) is 11.1. The molecule has 2 rings (SSSR count). The average Bonchev–Trinajstić information content (AvgIpc) is 2.92. The Morgan fingerprint density at radius 1 is 1.08 bits per heavy atom. The molecule has 0 aliphatic carbocycles. The summed E-state index contributed by atoms with van der Waals surface area (Å²) in [4.78, 5) is 0. The Morgan fingerprint density at radius 3 is 2.38 bits per heavy atom. The van der Waals surface area contributed by atoms with Gasteiger partial charge >= 0.3 is 12.4 Å². The highest BCUT2D eigenvalue weighted by atomic mass is 19.4. The molecule has 0 fully saturated rings. The highest BCUT2D eigenvalue weighted by Crippen LogP contribution is 2.39. The lowest BCUT2D eigenvalue weighted by Crippen LogP contribution is -2.20. The van der Waals surface area contributed by atoms with E-state index in [0.717, 1.165) is 12.1 Å². The average molecular weight is 353 g/mol. The molecule has 24 heavy (non-hydrogen) atoms. The van der Waals surface area contributed by atoms with Gasteiger partial charge in [-0.3, -0.25) is 4.68 Å². The van der Waals surface area contributed by atoms with Gasteiger partial charge in [0.2, 0.25) is 0 Å². The first-order valence-corrected chi connectivity index (χ1v) is 6.74. The van der Waals surface area contributed by atoms with Crippen LogP contribution in [0.3, 0.4) is 0 Å². The Morgan fingerprint density at radius 2 is 1.79 bits per heavy atom. The monoisotopic (exact) mass is 353 g/mol. The molecule has 132 valence electrons. The minimum Gasteiger partial charge on any atom is -0.483 e. The van der Waals surface area contributed by atoms with Crippen LogP contribution in [-0.2, 0) is 12.7 Å². The third-order valence-corrected chi connectivity index (χ3v) is 3.00. The summed E-state index contributed by atoms with van der Waals surface area (Å²) in [7, 11) is 0. The van der Waals surface area contributed by atoms with Gasteiger partial charge in [0, 0.05) is 18.3 Å². The van der Waals surface area contributed by atoms with Gasteiger partial charge < -0.3 is 10.5 Å². The Bertz CT molecular complexity index is 693. The third-order valence-electron chi connectivity index (χ3n) is 3.00. The highest BCUT2D eigenvalue weighted by molar-refractivity contribution is 5.64. The number of hydrogen-bond acceptors (Lipinski definition) is 3. The van der Waals surface area contributed by atoms with Crippen LogP contribution in [0.25, 0.3) is 11.1 Å². The molecule has 0 spiro atoms. The molecule has 0 saturated carbocycles. The fourth-order valence-electron chi connectivity index (χ4n) is 1.98. The van der Waals surface area contributed by atoms with Crippen LogP contribution in [0.5, 0.6) is 5.75 Å². The molecule has 0 bridgehead atoms. The van der Waals surface area contributed by atoms with Crippen molar-refractivity contribution in [2.75, 3.05) is 13.2 Å². The number of nitrogens with two attached hydrogens (primary N) is 1. The number of benzene rings is 1. The smallest absolute Gasteiger partial charge is 0.422 e. The van der Waals surface area contributed by atoms with Crippen molar-refractivity contribution in [3.05, 3.63) is 36.2 Å². The number of aromatic nitrogens is 2. The summed E-state index contributed by atoms with van der Waals surface area (Å²) >= 11 is 0. The number of nitrogens with zero attached hydrogens (tertiary/aromatic N) is 2. The predicted molar refractivity (Wildman–Crippen MR) is 73.3 cm³/mol. The van der Waals surface area contributed by atoms with Crippen LogP contribution in [0.15, 0.2) is 30.6 Å². The van der Waals surface area contributed by atoms with Crippen LogP contribution in [0.1, 0.15) is 5.56 Å². The van der Waals surface area contributed by atoms with Gasteiger partial charge in [0.05, 0.1) is 18.3 Å². The SMILES string of the molecule is NCCn1cc(-c2ccc(OCC(F)(F)F)c(C(F)(F)F)c2)cn1. The Balaban J connectivity index is 2.35. The quantitative estimate of drug-likeness (QED) is 0.838. The maximum absolute atomic E-state index is 13.1. The zero-order chi connectivity index (χ0) is 18.0. The van der Waals surface area contributed by atoms with Crippen LogP contribution in [0.2, 0.25) is 0 Å². The lowest BCUT2D eigenvalue weighted by atomic mass is 10.0. The normalized spacial score (nSPS) is 12.5. The summed E-state index contributed by atoms with van der Waals surface area (Å²) in [6.45, 7) is -1.11. The van der Waals surface area contributed by atoms with E-state index in [9.17, 15) is 26.3 Å². The van der Waals surface area contributed by atoms with Gasteiger partial charge in [-0.1, -0.05) is 6.07 Å². The third kappa shape index (κ3) is 4.63. The summed E-state index contributed by atoms with van der Waals surface area (Å²) in [6.07, 6.45) is -6.74. The summed E-state index contributed by atoms with van der Waals surface area (Å²) < 4.78 is 81.5. The van der Waals surface area contributed by atoms with E-state index in [-0.39, 0.29) is 5.56 Å². The molecule has 0 aliphatic rings. The van der Waals surface area contributed by atoms with Crippen molar-refractivity contribution in [1.29, 1.82) is 0 Å². The Hall–Kier alpha value is -2.23. The van der Waals surface area contributed by atoms with E-state index in [4.69, 9.17) is 5.73 Å². The molecule has 0 saturated heterocycles. The van der Waals surface area contributed by atoms with Crippen molar-refractivity contribution in [2.24, 2.45) is 5.73 Å². The van der Waals surface area contributed by atoms with Crippen molar-refractivity contribution >= 4 is 0 Å². The lowest BCUT2D eigenvalue weighted by Gasteiger charge is -2.16. The molecule has 2 aromatic rings. The van der Waals surface area contributed by atoms with Gasteiger partial charge in [-0.15, -0.1) is 0 Å². The number of hydrogen-bond donors (Lipinski definition) is 1. The zero-order valence-electron chi connectivity index (χ0n) is 12.2. The van der Waals surface area contributed by atoms with Crippen molar-refractivity contribution in [2.45, 2.75) is 18.9 Å². The van der Waals surface area contributed by atoms with E-state index in [0.29, 0.717) is 18.7 Å². The summed E-state index contributed by atoms with van der Waals surface area (Å²) in [5.74, 6) is -0.877. The van der Waals surface area contributed by atoms with Gasteiger partial charge in [0.15, 0.2) is 6.61 Å². The second-order valence-corrected chi connectivity index (χ2v) is 4.89. The first-order valence-electron chi connectivity index (χ1n) is 6.74. The van der Waals surface area contributed by atoms with Crippen molar-refractivity contribution < 1.29 is 31.1 Å². The van der Waals surface area contributed by atoms with E-state index in [2.05, 4.69) is 9.84 Å². The van der Waals surface area contributed by atoms with Crippen LogP contribution in [0, 0.1) is 0 Å². The van der Waals surface area contributed by atoms with Crippen LogP contribution in [0.4, 0.5) is 26.3 Å². The number of alkyl halides is 6. The first kappa shape index (κ1) is 18.1. The van der Waals surface area contributed by atoms with E-state index in [1.54, 1.807) is 0 Å². The minimum absolute atomic E-state index is 0.157. The largest absolute Gasteiger partial charge is 0.483 e. The maximum atomic E-state index is 13.1. The molecular formula is C14H13F6N3O. The van der Waals surface area contributed by atoms with E-state index < -0.39 is 30.3 Å². The zero-order valence-corrected chi connectivity index (χ0v) is 12.2. The molecule has 1 heterocycles. The minimum atomic E-state index is -4.86. The topological polar surface area (TPSA) is 53.1 Å². The van der Waals surface area contributed by atoms with Crippen LogP contribution >= 0.6 is 0 Å². The highest BCUT2D eigenvalue weighted by Gasteiger charge is 2.36. The molecule has 4 nitrogen and oxygen atoms in total. The molecule has 2 N–H and O–H groups in total. The van der Waals surface area contributed by atoms with E-state index in [1.165, 1.54) is 23.1 Å². The summed E-state index contributed by atoms with van der Waals surface area (Å²) in [6, 6.07) is 2.84. The van der Waals surface area contributed by atoms with E-state index >= 15 is 0 Å². The molecular weight excluding hydrogens is 340 g/mol. The molecule has 1 aromatic carbocycles. The van der Waals surface area contributed by atoms with Gasteiger partial charge in [-0.05, 0) is 17.7 Å². The molecule has 0 atom stereocenters. The molecule has 0 radical (unpaired) electrons. The summed E-state index contributed by atoms with van der Waals surface area (Å²) in [5.41, 5.74) is 4.62. The second kappa shape index (κ2) is 6.71.